The van der Waals surface area contributed by atoms with E-state index >= 15 is 0 Å². The summed E-state index contributed by atoms with van der Waals surface area (Å²) in [4.78, 5) is 31.9. The zero-order chi connectivity index (χ0) is 25.0. The molecule has 8 nitrogen and oxygen atoms in total. The van der Waals surface area contributed by atoms with Gasteiger partial charge in [0.1, 0.15) is 11.0 Å². The van der Waals surface area contributed by atoms with E-state index in [4.69, 9.17) is 0 Å². The average Bonchev–Trinajstić information content (AvgIpc) is 2.82. The number of nitrogens with zero attached hydrogens (tertiary/aromatic N) is 4. The molecule has 0 unspecified atom stereocenters. The standard InChI is InChI=1S/C26H31N5O3/c1-6-7-16-31-24(33)22(23(32)28-25(31)34)26(17-27,18-8-12-20(13-9-18)29(2)3)19-10-14-21(15-11-19)30(4)5/h8-15,33H,6-7,16H2,1-5H3,(H,28,32,34). The highest BCUT2D eigenvalue weighted by Crippen LogP contribution is 2.41. The van der Waals surface area contributed by atoms with E-state index in [0.29, 0.717) is 17.5 Å². The van der Waals surface area contributed by atoms with Gasteiger partial charge in [-0.25, -0.2) is 4.79 Å². The summed E-state index contributed by atoms with van der Waals surface area (Å²) in [5, 5.41) is 21.9. The fourth-order valence-corrected chi connectivity index (χ4v) is 4.08. The van der Waals surface area contributed by atoms with Crippen molar-refractivity contribution < 1.29 is 5.11 Å². The molecule has 1 aromatic heterocycles. The van der Waals surface area contributed by atoms with Crippen molar-refractivity contribution in [1.82, 2.24) is 9.55 Å². The number of hydrogen-bond acceptors (Lipinski definition) is 6. The van der Waals surface area contributed by atoms with E-state index < -0.39 is 22.5 Å². The number of anilines is 2. The molecule has 0 spiro atoms. The molecule has 0 atom stereocenters. The number of H-pyrrole nitrogens is 1. The lowest BCUT2D eigenvalue weighted by molar-refractivity contribution is 0.383. The number of aromatic amines is 1. The minimum Gasteiger partial charge on any atom is -0.494 e. The van der Waals surface area contributed by atoms with Gasteiger partial charge in [0.2, 0.25) is 5.88 Å². The van der Waals surface area contributed by atoms with E-state index in [1.54, 1.807) is 24.3 Å². The summed E-state index contributed by atoms with van der Waals surface area (Å²) in [6.45, 7) is 2.19. The second-order valence-electron chi connectivity index (χ2n) is 8.71. The van der Waals surface area contributed by atoms with Gasteiger partial charge in [0.25, 0.3) is 5.56 Å². The molecule has 0 aliphatic rings. The number of nitriles is 1. The molecule has 0 fully saturated rings. The van der Waals surface area contributed by atoms with Gasteiger partial charge < -0.3 is 14.9 Å². The Kier molecular flexibility index (Phi) is 7.16. The van der Waals surface area contributed by atoms with Crippen LogP contribution in [0.15, 0.2) is 58.1 Å². The Bertz CT molecular complexity index is 1250. The van der Waals surface area contributed by atoms with E-state index in [-0.39, 0.29) is 12.1 Å². The first-order valence-corrected chi connectivity index (χ1v) is 11.2. The van der Waals surface area contributed by atoms with Gasteiger partial charge in [0.15, 0.2) is 0 Å². The van der Waals surface area contributed by atoms with Gasteiger partial charge in [0.05, 0.1) is 6.07 Å². The normalized spacial score (nSPS) is 11.2. The van der Waals surface area contributed by atoms with Crippen LogP contribution in [-0.2, 0) is 12.0 Å². The molecule has 8 heteroatoms. The van der Waals surface area contributed by atoms with Crippen LogP contribution < -0.4 is 21.0 Å². The van der Waals surface area contributed by atoms with Crippen LogP contribution in [0.2, 0.25) is 0 Å². The fourth-order valence-electron chi connectivity index (χ4n) is 4.08. The number of hydrogen-bond donors (Lipinski definition) is 2. The molecule has 1 heterocycles. The van der Waals surface area contributed by atoms with E-state index in [0.717, 1.165) is 22.4 Å². The minimum absolute atomic E-state index is 0.166. The van der Waals surface area contributed by atoms with Gasteiger partial charge in [-0.3, -0.25) is 14.3 Å². The third-order valence-electron chi connectivity index (χ3n) is 6.08. The molecule has 34 heavy (non-hydrogen) atoms. The highest BCUT2D eigenvalue weighted by molar-refractivity contribution is 5.62. The average molecular weight is 462 g/mol. The molecule has 0 amide bonds. The second-order valence-corrected chi connectivity index (χ2v) is 8.71. The third-order valence-corrected chi connectivity index (χ3v) is 6.08. The van der Waals surface area contributed by atoms with Crippen molar-refractivity contribution >= 4 is 11.4 Å². The molecule has 178 valence electrons. The molecule has 0 aliphatic carbocycles. The smallest absolute Gasteiger partial charge is 0.331 e. The van der Waals surface area contributed by atoms with Crippen LogP contribution in [0, 0.1) is 11.3 Å². The first-order chi connectivity index (χ1) is 16.2. The number of rotatable bonds is 8. The van der Waals surface area contributed by atoms with Gasteiger partial charge >= 0.3 is 5.69 Å². The maximum absolute atomic E-state index is 13.2. The SMILES string of the molecule is CCCCn1c(O)c(C(C#N)(c2ccc(N(C)C)cc2)c2ccc(N(C)C)cc2)c(=O)[nH]c1=O. The summed E-state index contributed by atoms with van der Waals surface area (Å²) in [6.07, 6.45) is 1.43. The lowest BCUT2D eigenvalue weighted by Crippen LogP contribution is -2.40. The zero-order valence-corrected chi connectivity index (χ0v) is 20.3. The van der Waals surface area contributed by atoms with Gasteiger partial charge in [-0.15, -0.1) is 0 Å². The number of unbranched alkanes of at least 4 members (excludes halogenated alkanes) is 1. The summed E-state index contributed by atoms with van der Waals surface area (Å²) >= 11 is 0. The van der Waals surface area contributed by atoms with Crippen LogP contribution in [0.5, 0.6) is 5.88 Å². The molecule has 0 aliphatic heterocycles. The van der Waals surface area contributed by atoms with Crippen LogP contribution in [0.3, 0.4) is 0 Å². The largest absolute Gasteiger partial charge is 0.494 e. The Hall–Kier alpha value is -3.99. The predicted octanol–water partition coefficient (Wildman–Crippen LogP) is 3.03. The lowest BCUT2D eigenvalue weighted by Gasteiger charge is -2.29. The second kappa shape index (κ2) is 9.87. The lowest BCUT2D eigenvalue weighted by atomic mass is 9.71. The van der Waals surface area contributed by atoms with Crippen molar-refractivity contribution in [1.29, 1.82) is 5.26 Å². The predicted molar refractivity (Wildman–Crippen MR) is 135 cm³/mol. The monoisotopic (exact) mass is 461 g/mol. The third kappa shape index (κ3) is 4.29. The Morgan fingerprint density at radius 1 is 0.941 bits per heavy atom. The summed E-state index contributed by atoms with van der Waals surface area (Å²) in [5.41, 5.74) is -0.424. The van der Waals surface area contributed by atoms with Crippen LogP contribution in [0.1, 0.15) is 36.5 Å². The van der Waals surface area contributed by atoms with Crippen LogP contribution in [0.4, 0.5) is 11.4 Å². The van der Waals surface area contributed by atoms with Crippen molar-refractivity contribution in [3.05, 3.63) is 86.1 Å². The highest BCUT2D eigenvalue weighted by atomic mass is 16.3. The molecule has 0 radical (unpaired) electrons. The number of aromatic hydroxyl groups is 1. The number of nitrogens with one attached hydrogen (secondary N) is 1. The molecular formula is C26H31N5O3. The topological polar surface area (TPSA) is 105 Å². The summed E-state index contributed by atoms with van der Waals surface area (Å²) in [5.74, 6) is -0.489. The Balaban J connectivity index is 2.40. The molecule has 2 N–H and O–H groups in total. The van der Waals surface area contributed by atoms with Gasteiger partial charge in [-0.2, -0.15) is 5.26 Å². The van der Waals surface area contributed by atoms with Crippen molar-refractivity contribution in [2.24, 2.45) is 0 Å². The first-order valence-electron chi connectivity index (χ1n) is 11.2. The molecule has 2 aromatic carbocycles. The van der Waals surface area contributed by atoms with Crippen molar-refractivity contribution in [3.8, 4) is 11.9 Å². The zero-order valence-electron chi connectivity index (χ0n) is 20.3. The van der Waals surface area contributed by atoms with Crippen LogP contribution in [0.25, 0.3) is 0 Å². The van der Waals surface area contributed by atoms with Crippen LogP contribution in [-0.4, -0.2) is 42.8 Å². The van der Waals surface area contributed by atoms with Crippen molar-refractivity contribution in [2.75, 3.05) is 38.0 Å². The maximum Gasteiger partial charge on any atom is 0.331 e. The maximum atomic E-state index is 13.2. The molecule has 3 aromatic rings. The number of benzene rings is 2. The molecule has 0 bridgehead atoms. The van der Waals surface area contributed by atoms with E-state index in [1.807, 2.05) is 69.2 Å². The molecule has 0 saturated heterocycles. The Morgan fingerprint density at radius 3 is 1.79 bits per heavy atom. The quantitative estimate of drug-likeness (QED) is 0.534. The van der Waals surface area contributed by atoms with E-state index in [1.165, 1.54) is 0 Å². The number of aromatic nitrogens is 2. The van der Waals surface area contributed by atoms with Gasteiger partial charge in [-0.1, -0.05) is 37.6 Å². The van der Waals surface area contributed by atoms with E-state index in [9.17, 15) is 20.0 Å². The van der Waals surface area contributed by atoms with Crippen LogP contribution >= 0.6 is 0 Å². The fraction of sp³-hybridized carbons (Fsp3) is 0.346. The van der Waals surface area contributed by atoms with Gasteiger partial charge in [0, 0.05) is 46.1 Å². The van der Waals surface area contributed by atoms with Crippen molar-refractivity contribution in [3.63, 3.8) is 0 Å². The van der Waals surface area contributed by atoms with Gasteiger partial charge in [-0.05, 0) is 41.8 Å². The van der Waals surface area contributed by atoms with Crippen molar-refractivity contribution in [2.45, 2.75) is 31.7 Å². The first kappa shape index (κ1) is 24.6. The molecular weight excluding hydrogens is 430 g/mol. The summed E-state index contributed by atoms with van der Waals surface area (Å²) < 4.78 is 1.13. The minimum atomic E-state index is -1.64. The molecule has 3 rings (SSSR count). The van der Waals surface area contributed by atoms with E-state index in [2.05, 4.69) is 11.1 Å². The Labute approximate surface area is 199 Å². The molecule has 0 saturated carbocycles. The summed E-state index contributed by atoms with van der Waals surface area (Å²) in [6, 6.07) is 16.9. The summed E-state index contributed by atoms with van der Waals surface area (Å²) in [7, 11) is 7.64. The Morgan fingerprint density at radius 2 is 1.41 bits per heavy atom. The highest BCUT2D eigenvalue weighted by Gasteiger charge is 2.43.